The molecule has 1 amide bonds. The van der Waals surface area contributed by atoms with Crippen LogP contribution in [0.5, 0.6) is 5.75 Å². The van der Waals surface area contributed by atoms with Crippen LogP contribution >= 0.6 is 0 Å². The maximum atomic E-state index is 12.6. The van der Waals surface area contributed by atoms with Gasteiger partial charge in [-0.25, -0.2) is 0 Å². The molecule has 0 aromatic heterocycles. The molecule has 3 atom stereocenters. The van der Waals surface area contributed by atoms with Crippen LogP contribution in [0.15, 0.2) is 36.4 Å². The molecule has 124 valence electrons. The van der Waals surface area contributed by atoms with Gasteiger partial charge in [-0.2, -0.15) is 0 Å². The number of phenols is 1. The molecule has 1 N–H and O–H groups in total. The predicted molar refractivity (Wildman–Crippen MR) is 92.3 cm³/mol. The third-order valence-electron chi connectivity index (χ3n) is 5.89. The van der Waals surface area contributed by atoms with Crippen molar-refractivity contribution in [3.8, 4) is 5.75 Å². The van der Waals surface area contributed by atoms with Crippen LogP contribution in [-0.4, -0.2) is 29.0 Å². The predicted octanol–water partition coefficient (Wildman–Crippen LogP) is 3.87. The molecule has 3 rings (SSSR count). The normalized spacial score (nSPS) is 30.6. The molecule has 1 aromatic carbocycles. The molecule has 0 bridgehead atoms. The smallest absolute Gasteiger partial charge is 0.223 e. The SMILES string of the molecule is C[C@H]1CN(C(=O)CC2C=CCC2)CC[C@@]1(C)c1cccc(O)c1. The summed E-state index contributed by atoms with van der Waals surface area (Å²) < 4.78 is 0. The van der Waals surface area contributed by atoms with Crippen molar-refractivity contribution in [2.24, 2.45) is 11.8 Å². The summed E-state index contributed by atoms with van der Waals surface area (Å²) in [4.78, 5) is 14.6. The first-order chi connectivity index (χ1) is 11.0. The van der Waals surface area contributed by atoms with E-state index in [2.05, 4.69) is 32.1 Å². The second-order valence-corrected chi connectivity index (χ2v) is 7.43. The average molecular weight is 313 g/mol. The molecule has 0 saturated carbocycles. The van der Waals surface area contributed by atoms with Gasteiger partial charge in [-0.3, -0.25) is 4.79 Å². The second kappa shape index (κ2) is 6.38. The summed E-state index contributed by atoms with van der Waals surface area (Å²) in [6.45, 7) is 6.10. The number of carbonyl (C=O) groups is 1. The fourth-order valence-electron chi connectivity index (χ4n) is 3.97. The number of carbonyl (C=O) groups excluding carboxylic acids is 1. The third-order valence-corrected chi connectivity index (χ3v) is 5.89. The number of phenolic OH excluding ortho intramolecular Hbond substituents is 1. The Balaban J connectivity index is 1.66. The van der Waals surface area contributed by atoms with Gasteiger partial charge in [-0.05, 0) is 54.2 Å². The van der Waals surface area contributed by atoms with Crippen molar-refractivity contribution in [3.05, 3.63) is 42.0 Å². The van der Waals surface area contributed by atoms with E-state index in [0.29, 0.717) is 29.9 Å². The Labute approximate surface area is 139 Å². The molecular weight excluding hydrogens is 286 g/mol. The fraction of sp³-hybridized carbons (Fsp3) is 0.550. The van der Waals surface area contributed by atoms with Crippen LogP contribution in [0.25, 0.3) is 0 Å². The summed E-state index contributed by atoms with van der Waals surface area (Å²) in [7, 11) is 0. The van der Waals surface area contributed by atoms with Crippen LogP contribution < -0.4 is 0 Å². The number of aromatic hydroxyl groups is 1. The van der Waals surface area contributed by atoms with Gasteiger partial charge in [0.15, 0.2) is 0 Å². The molecule has 1 heterocycles. The van der Waals surface area contributed by atoms with Crippen LogP contribution in [0.3, 0.4) is 0 Å². The highest BCUT2D eigenvalue weighted by Crippen LogP contribution is 2.40. The number of benzene rings is 1. The third kappa shape index (κ3) is 3.29. The lowest BCUT2D eigenvalue weighted by Gasteiger charge is -2.45. The minimum absolute atomic E-state index is 0.0166. The van der Waals surface area contributed by atoms with E-state index in [1.54, 1.807) is 6.07 Å². The minimum Gasteiger partial charge on any atom is -0.508 e. The van der Waals surface area contributed by atoms with Gasteiger partial charge in [0.05, 0.1) is 0 Å². The lowest BCUT2D eigenvalue weighted by Crippen LogP contribution is -2.49. The monoisotopic (exact) mass is 313 g/mol. The first-order valence-corrected chi connectivity index (χ1v) is 8.73. The number of hydrogen-bond donors (Lipinski definition) is 1. The van der Waals surface area contributed by atoms with Crippen LogP contribution in [-0.2, 0) is 10.2 Å². The molecule has 1 fully saturated rings. The summed E-state index contributed by atoms with van der Waals surface area (Å²) >= 11 is 0. The zero-order valence-corrected chi connectivity index (χ0v) is 14.2. The number of likely N-dealkylation sites (tertiary alicyclic amines) is 1. The van der Waals surface area contributed by atoms with E-state index in [1.165, 1.54) is 5.56 Å². The molecule has 0 radical (unpaired) electrons. The fourth-order valence-corrected chi connectivity index (χ4v) is 3.97. The van der Waals surface area contributed by atoms with Crippen molar-refractivity contribution in [2.45, 2.75) is 44.9 Å². The van der Waals surface area contributed by atoms with Gasteiger partial charge < -0.3 is 10.0 Å². The summed E-state index contributed by atoms with van der Waals surface area (Å²) in [5.74, 6) is 1.44. The number of nitrogens with zero attached hydrogens (tertiary/aromatic N) is 1. The lowest BCUT2D eigenvalue weighted by atomic mass is 9.68. The van der Waals surface area contributed by atoms with Crippen molar-refractivity contribution >= 4 is 5.91 Å². The van der Waals surface area contributed by atoms with Gasteiger partial charge >= 0.3 is 0 Å². The summed E-state index contributed by atoms with van der Waals surface area (Å²) in [6.07, 6.45) is 8.23. The van der Waals surface area contributed by atoms with Gasteiger partial charge in [0.2, 0.25) is 5.91 Å². The molecule has 23 heavy (non-hydrogen) atoms. The van der Waals surface area contributed by atoms with Crippen LogP contribution in [0.4, 0.5) is 0 Å². The number of allylic oxidation sites excluding steroid dienone is 2. The standard InChI is InChI=1S/C20H27NO2/c1-15-14-21(19(23)12-16-6-3-4-7-16)11-10-20(15,2)17-8-5-9-18(22)13-17/h3,5-6,8-9,13,15-16,22H,4,7,10-12,14H2,1-2H3/t15-,16?,20+/m0/s1. The van der Waals surface area contributed by atoms with E-state index in [4.69, 9.17) is 0 Å². The van der Waals surface area contributed by atoms with Crippen molar-refractivity contribution in [3.63, 3.8) is 0 Å². The summed E-state index contributed by atoms with van der Waals surface area (Å²) in [5, 5.41) is 9.77. The van der Waals surface area contributed by atoms with E-state index in [-0.39, 0.29) is 5.41 Å². The average Bonchev–Trinajstić information content (AvgIpc) is 3.03. The minimum atomic E-state index is 0.0166. The molecule has 0 spiro atoms. The van der Waals surface area contributed by atoms with E-state index < -0.39 is 0 Å². The molecule has 1 aliphatic heterocycles. The van der Waals surface area contributed by atoms with Crippen LogP contribution in [0, 0.1) is 11.8 Å². The van der Waals surface area contributed by atoms with E-state index in [0.717, 1.165) is 32.4 Å². The highest BCUT2D eigenvalue weighted by molar-refractivity contribution is 5.77. The zero-order chi connectivity index (χ0) is 16.4. The number of hydrogen-bond acceptors (Lipinski definition) is 2. The molecule has 1 saturated heterocycles. The number of piperidine rings is 1. The molecule has 1 unspecified atom stereocenters. The molecule has 2 aliphatic rings. The quantitative estimate of drug-likeness (QED) is 0.860. The number of amides is 1. The Bertz CT molecular complexity index is 609. The largest absolute Gasteiger partial charge is 0.508 e. The second-order valence-electron chi connectivity index (χ2n) is 7.43. The Hall–Kier alpha value is -1.77. The van der Waals surface area contributed by atoms with Crippen molar-refractivity contribution < 1.29 is 9.90 Å². The maximum Gasteiger partial charge on any atom is 0.223 e. The number of rotatable bonds is 3. The first-order valence-electron chi connectivity index (χ1n) is 8.73. The van der Waals surface area contributed by atoms with Gasteiger partial charge in [0.1, 0.15) is 5.75 Å². The lowest BCUT2D eigenvalue weighted by molar-refractivity contribution is -0.134. The Morgan fingerprint density at radius 2 is 2.26 bits per heavy atom. The van der Waals surface area contributed by atoms with Gasteiger partial charge in [-0.1, -0.05) is 38.1 Å². The van der Waals surface area contributed by atoms with Gasteiger partial charge in [0, 0.05) is 19.5 Å². The highest BCUT2D eigenvalue weighted by atomic mass is 16.3. The Kier molecular flexibility index (Phi) is 4.47. The molecule has 1 aromatic rings. The van der Waals surface area contributed by atoms with Crippen molar-refractivity contribution in [1.82, 2.24) is 4.90 Å². The molecule has 1 aliphatic carbocycles. The topological polar surface area (TPSA) is 40.5 Å². The van der Waals surface area contributed by atoms with Crippen molar-refractivity contribution in [2.75, 3.05) is 13.1 Å². The van der Waals surface area contributed by atoms with Crippen LogP contribution in [0.1, 0.15) is 45.1 Å². The molecule has 3 heteroatoms. The van der Waals surface area contributed by atoms with Crippen molar-refractivity contribution in [1.29, 1.82) is 0 Å². The van der Waals surface area contributed by atoms with E-state index in [9.17, 15) is 9.90 Å². The Morgan fingerprint density at radius 3 is 2.91 bits per heavy atom. The summed E-state index contributed by atoms with van der Waals surface area (Å²) in [5.41, 5.74) is 1.19. The van der Waals surface area contributed by atoms with Crippen LogP contribution in [0.2, 0.25) is 0 Å². The molecular formula is C20H27NO2. The van der Waals surface area contributed by atoms with E-state index >= 15 is 0 Å². The van der Waals surface area contributed by atoms with Gasteiger partial charge in [-0.15, -0.1) is 0 Å². The van der Waals surface area contributed by atoms with Gasteiger partial charge in [0.25, 0.3) is 0 Å². The maximum absolute atomic E-state index is 12.6. The highest BCUT2D eigenvalue weighted by Gasteiger charge is 2.39. The van der Waals surface area contributed by atoms with E-state index in [1.807, 2.05) is 17.0 Å². The zero-order valence-electron chi connectivity index (χ0n) is 14.2. The first kappa shape index (κ1) is 16.1. The molecule has 3 nitrogen and oxygen atoms in total. The Morgan fingerprint density at radius 1 is 1.43 bits per heavy atom. The summed E-state index contributed by atoms with van der Waals surface area (Å²) in [6, 6.07) is 7.59.